The van der Waals surface area contributed by atoms with Crippen molar-refractivity contribution >= 4 is 33.7 Å². The van der Waals surface area contributed by atoms with Crippen molar-refractivity contribution in [3.05, 3.63) is 34.5 Å². The normalized spacial score (nSPS) is 10.7. The smallest absolute Gasteiger partial charge is 0.227 e. The number of nitrogens with one attached hydrogen (secondary N) is 1. The van der Waals surface area contributed by atoms with Crippen LogP contribution in [0.2, 0.25) is 0 Å². The maximum absolute atomic E-state index is 11.8. The van der Waals surface area contributed by atoms with Crippen LogP contribution in [0.4, 0.5) is 5.13 Å². The van der Waals surface area contributed by atoms with Crippen molar-refractivity contribution in [1.29, 1.82) is 0 Å². The van der Waals surface area contributed by atoms with Crippen molar-refractivity contribution in [2.75, 3.05) is 5.32 Å². The molecule has 0 saturated carbocycles. The number of thiazole rings is 1. The number of amides is 1. The van der Waals surface area contributed by atoms with Gasteiger partial charge in [0.1, 0.15) is 0 Å². The van der Waals surface area contributed by atoms with Gasteiger partial charge < -0.3 is 9.84 Å². The minimum absolute atomic E-state index is 0.111. The molecule has 0 aromatic carbocycles. The average molecular weight is 320 g/mol. The second kappa shape index (κ2) is 6.15. The number of anilines is 1. The summed E-state index contributed by atoms with van der Waals surface area (Å²) in [5.41, 5.74) is 0.896. The highest BCUT2D eigenvalue weighted by atomic mass is 32.1. The quantitative estimate of drug-likeness (QED) is 0.781. The lowest BCUT2D eigenvalue weighted by atomic mass is 10.3. The van der Waals surface area contributed by atoms with Crippen molar-refractivity contribution in [2.45, 2.75) is 19.8 Å². The highest BCUT2D eigenvalue weighted by molar-refractivity contribution is 7.14. The summed E-state index contributed by atoms with van der Waals surface area (Å²) in [5.74, 6) is 0.917. The summed E-state index contributed by atoms with van der Waals surface area (Å²) in [7, 11) is 0. The average Bonchev–Trinajstić information content (AvgIpc) is 3.17. The zero-order chi connectivity index (χ0) is 14.7. The Balaban J connectivity index is 1.54. The zero-order valence-corrected chi connectivity index (χ0v) is 12.8. The number of rotatable bonds is 5. The summed E-state index contributed by atoms with van der Waals surface area (Å²) in [6.07, 6.45) is 0.694. The van der Waals surface area contributed by atoms with Crippen LogP contribution in [0, 0.1) is 6.92 Å². The lowest BCUT2D eigenvalue weighted by Gasteiger charge is -1.98. The first-order valence-corrected chi connectivity index (χ1v) is 8.05. The van der Waals surface area contributed by atoms with Crippen LogP contribution in [0.5, 0.6) is 0 Å². The van der Waals surface area contributed by atoms with Crippen LogP contribution >= 0.6 is 22.7 Å². The molecule has 0 aliphatic heterocycles. The Morgan fingerprint density at radius 1 is 1.38 bits per heavy atom. The van der Waals surface area contributed by atoms with Gasteiger partial charge in [-0.25, -0.2) is 4.98 Å². The van der Waals surface area contributed by atoms with E-state index >= 15 is 0 Å². The van der Waals surface area contributed by atoms with Gasteiger partial charge >= 0.3 is 0 Å². The molecular formula is C13H12N4O2S2. The van der Waals surface area contributed by atoms with Crippen LogP contribution < -0.4 is 5.32 Å². The summed E-state index contributed by atoms with van der Waals surface area (Å²) in [4.78, 5) is 21.2. The van der Waals surface area contributed by atoms with E-state index in [1.807, 2.05) is 29.8 Å². The minimum atomic E-state index is -0.111. The molecule has 21 heavy (non-hydrogen) atoms. The first-order valence-electron chi connectivity index (χ1n) is 6.29. The van der Waals surface area contributed by atoms with Crippen molar-refractivity contribution in [3.8, 4) is 10.7 Å². The van der Waals surface area contributed by atoms with Gasteiger partial charge in [0.25, 0.3) is 0 Å². The van der Waals surface area contributed by atoms with Crippen LogP contribution in [-0.4, -0.2) is 21.0 Å². The fourth-order valence-corrected chi connectivity index (χ4v) is 3.03. The molecule has 0 atom stereocenters. The van der Waals surface area contributed by atoms with Gasteiger partial charge in [-0.05, 0) is 18.4 Å². The molecule has 0 bridgehead atoms. The molecular weight excluding hydrogens is 308 g/mol. The van der Waals surface area contributed by atoms with Gasteiger partial charge in [-0.3, -0.25) is 4.79 Å². The number of nitrogens with zero attached hydrogens (tertiary/aromatic N) is 3. The Kier molecular flexibility index (Phi) is 4.07. The lowest BCUT2D eigenvalue weighted by molar-refractivity contribution is -0.116. The van der Waals surface area contributed by atoms with Gasteiger partial charge in [-0.1, -0.05) is 11.2 Å². The Morgan fingerprint density at radius 2 is 2.29 bits per heavy atom. The van der Waals surface area contributed by atoms with E-state index in [0.717, 1.165) is 10.6 Å². The van der Waals surface area contributed by atoms with E-state index in [-0.39, 0.29) is 12.3 Å². The predicted octanol–water partition coefficient (Wildman–Crippen LogP) is 3.13. The van der Waals surface area contributed by atoms with E-state index in [1.165, 1.54) is 11.3 Å². The monoisotopic (exact) mass is 320 g/mol. The second-order valence-corrected chi connectivity index (χ2v) is 6.14. The summed E-state index contributed by atoms with van der Waals surface area (Å²) in [5, 5.41) is 11.1. The standard InChI is InChI=1S/C13H12N4O2S2/c1-8-7-21-13(14-8)15-10(18)4-5-11-16-12(17-19-11)9-3-2-6-20-9/h2-3,6-7H,4-5H2,1H3,(H,14,15,18). The molecule has 3 heterocycles. The van der Waals surface area contributed by atoms with E-state index in [0.29, 0.717) is 23.3 Å². The van der Waals surface area contributed by atoms with E-state index in [2.05, 4.69) is 20.4 Å². The molecule has 3 rings (SSSR count). The summed E-state index contributed by atoms with van der Waals surface area (Å²) in [6.45, 7) is 1.89. The van der Waals surface area contributed by atoms with Crippen LogP contribution in [0.1, 0.15) is 18.0 Å². The van der Waals surface area contributed by atoms with Crippen molar-refractivity contribution in [2.24, 2.45) is 0 Å². The van der Waals surface area contributed by atoms with Gasteiger partial charge in [0.05, 0.1) is 10.6 Å². The largest absolute Gasteiger partial charge is 0.339 e. The van der Waals surface area contributed by atoms with Gasteiger partial charge in [0, 0.05) is 18.2 Å². The van der Waals surface area contributed by atoms with Crippen LogP contribution in [-0.2, 0) is 11.2 Å². The third-order valence-corrected chi connectivity index (χ3v) is 4.38. The van der Waals surface area contributed by atoms with E-state index in [1.54, 1.807) is 11.3 Å². The Labute approximate surface area is 128 Å². The second-order valence-electron chi connectivity index (χ2n) is 4.33. The number of aryl methyl sites for hydroxylation is 2. The topological polar surface area (TPSA) is 80.9 Å². The maximum Gasteiger partial charge on any atom is 0.227 e. The predicted molar refractivity (Wildman–Crippen MR) is 81.4 cm³/mol. The molecule has 1 amide bonds. The zero-order valence-electron chi connectivity index (χ0n) is 11.2. The summed E-state index contributed by atoms with van der Waals surface area (Å²) >= 11 is 2.96. The van der Waals surface area contributed by atoms with E-state index in [4.69, 9.17) is 4.52 Å². The Bertz CT molecular complexity index is 733. The summed E-state index contributed by atoms with van der Waals surface area (Å²) < 4.78 is 5.15. The van der Waals surface area contributed by atoms with Crippen LogP contribution in [0.25, 0.3) is 10.7 Å². The molecule has 0 radical (unpaired) electrons. The van der Waals surface area contributed by atoms with E-state index in [9.17, 15) is 4.79 Å². The number of hydrogen-bond donors (Lipinski definition) is 1. The highest BCUT2D eigenvalue weighted by Crippen LogP contribution is 2.21. The third kappa shape index (κ3) is 3.53. The first kappa shape index (κ1) is 13.9. The molecule has 0 unspecified atom stereocenters. The Hall–Kier alpha value is -2.06. The summed E-state index contributed by atoms with van der Waals surface area (Å²) in [6, 6.07) is 3.86. The maximum atomic E-state index is 11.8. The molecule has 0 spiro atoms. The van der Waals surface area contributed by atoms with Gasteiger partial charge in [-0.15, -0.1) is 22.7 Å². The molecule has 3 aromatic rings. The number of carbonyl (C=O) groups excluding carboxylic acids is 1. The molecule has 3 aromatic heterocycles. The highest BCUT2D eigenvalue weighted by Gasteiger charge is 2.12. The molecule has 0 aliphatic rings. The van der Waals surface area contributed by atoms with Crippen molar-refractivity contribution < 1.29 is 9.32 Å². The SMILES string of the molecule is Cc1csc(NC(=O)CCc2nc(-c3cccs3)no2)n1. The molecule has 0 fully saturated rings. The molecule has 8 heteroatoms. The molecule has 1 N–H and O–H groups in total. The van der Waals surface area contributed by atoms with Gasteiger partial charge in [0.15, 0.2) is 5.13 Å². The van der Waals surface area contributed by atoms with Crippen molar-refractivity contribution in [3.63, 3.8) is 0 Å². The number of carbonyl (C=O) groups is 1. The third-order valence-electron chi connectivity index (χ3n) is 2.64. The molecule has 0 aliphatic carbocycles. The molecule has 6 nitrogen and oxygen atoms in total. The fraction of sp³-hybridized carbons (Fsp3) is 0.231. The number of thiophene rings is 1. The number of hydrogen-bond acceptors (Lipinski definition) is 7. The van der Waals surface area contributed by atoms with Crippen LogP contribution in [0.3, 0.4) is 0 Å². The Morgan fingerprint density at radius 3 is 3.00 bits per heavy atom. The first-order chi connectivity index (χ1) is 10.2. The van der Waals surface area contributed by atoms with Gasteiger partial charge in [0.2, 0.25) is 17.6 Å². The molecule has 0 saturated heterocycles. The lowest BCUT2D eigenvalue weighted by Crippen LogP contribution is -2.12. The van der Waals surface area contributed by atoms with Crippen molar-refractivity contribution in [1.82, 2.24) is 15.1 Å². The molecule has 108 valence electrons. The fourth-order valence-electron chi connectivity index (χ4n) is 1.68. The van der Waals surface area contributed by atoms with Crippen LogP contribution in [0.15, 0.2) is 27.4 Å². The minimum Gasteiger partial charge on any atom is -0.339 e. The van der Waals surface area contributed by atoms with E-state index < -0.39 is 0 Å². The van der Waals surface area contributed by atoms with Gasteiger partial charge in [-0.2, -0.15) is 4.98 Å². The number of aromatic nitrogens is 3.